The molecule has 128 valence electrons. The van der Waals surface area contributed by atoms with Crippen LogP contribution in [0.1, 0.15) is 12.0 Å². The van der Waals surface area contributed by atoms with Gasteiger partial charge in [0.2, 0.25) is 0 Å². The molecule has 2 amide bonds. The Hall–Kier alpha value is -1.66. The number of urea groups is 1. The molecule has 1 aromatic carbocycles. The molecule has 0 spiro atoms. The zero-order valence-electron chi connectivity index (χ0n) is 14.1. The van der Waals surface area contributed by atoms with E-state index in [2.05, 4.69) is 29.2 Å². The minimum absolute atomic E-state index is 0.0396. The molecule has 0 aliphatic carbocycles. The molecule has 5 nitrogen and oxygen atoms in total. The standard InChI is InChI=1S/C17H27FN4O/c1-20(2)8-3-9-21-10-12-22(13-11-21)17(23)19-14-15-4-6-16(18)7-5-15/h4-7H,3,8-14H2,1-2H3,(H,19,23). The van der Waals surface area contributed by atoms with Crippen LogP contribution in [0.4, 0.5) is 9.18 Å². The van der Waals surface area contributed by atoms with Crippen LogP contribution in [0.2, 0.25) is 0 Å². The number of carbonyl (C=O) groups excluding carboxylic acids is 1. The fourth-order valence-electron chi connectivity index (χ4n) is 2.68. The van der Waals surface area contributed by atoms with Crippen LogP contribution < -0.4 is 5.32 Å². The Bertz CT molecular complexity index is 484. The van der Waals surface area contributed by atoms with E-state index in [0.717, 1.165) is 51.3 Å². The maximum Gasteiger partial charge on any atom is 0.317 e. The molecule has 1 fully saturated rings. The van der Waals surface area contributed by atoms with Gasteiger partial charge in [0, 0.05) is 32.7 Å². The topological polar surface area (TPSA) is 38.8 Å². The Morgan fingerprint density at radius 1 is 1.17 bits per heavy atom. The summed E-state index contributed by atoms with van der Waals surface area (Å²) >= 11 is 0. The van der Waals surface area contributed by atoms with Crippen molar-refractivity contribution < 1.29 is 9.18 Å². The van der Waals surface area contributed by atoms with Crippen molar-refractivity contribution in [1.29, 1.82) is 0 Å². The van der Waals surface area contributed by atoms with E-state index in [1.807, 2.05) is 4.90 Å². The van der Waals surface area contributed by atoms with Crippen molar-refractivity contribution in [3.63, 3.8) is 0 Å². The van der Waals surface area contributed by atoms with Crippen LogP contribution in [0.5, 0.6) is 0 Å². The lowest BCUT2D eigenvalue weighted by Gasteiger charge is -2.34. The van der Waals surface area contributed by atoms with E-state index in [4.69, 9.17) is 0 Å². The average Bonchev–Trinajstić information content (AvgIpc) is 2.54. The van der Waals surface area contributed by atoms with Gasteiger partial charge in [0.15, 0.2) is 0 Å². The number of hydrogen-bond donors (Lipinski definition) is 1. The first kappa shape index (κ1) is 17.7. The third-order valence-corrected chi connectivity index (χ3v) is 4.10. The normalized spacial score (nSPS) is 15.9. The lowest BCUT2D eigenvalue weighted by molar-refractivity contribution is 0.136. The summed E-state index contributed by atoms with van der Waals surface area (Å²) < 4.78 is 12.8. The molecule has 1 aliphatic heterocycles. The second-order valence-electron chi connectivity index (χ2n) is 6.27. The van der Waals surface area contributed by atoms with Gasteiger partial charge in [0.1, 0.15) is 5.82 Å². The van der Waals surface area contributed by atoms with Gasteiger partial charge >= 0.3 is 6.03 Å². The van der Waals surface area contributed by atoms with E-state index in [9.17, 15) is 9.18 Å². The van der Waals surface area contributed by atoms with E-state index in [0.29, 0.717) is 6.54 Å². The van der Waals surface area contributed by atoms with Gasteiger partial charge in [-0.15, -0.1) is 0 Å². The third kappa shape index (κ3) is 6.15. The summed E-state index contributed by atoms with van der Waals surface area (Å²) in [5.74, 6) is -0.259. The van der Waals surface area contributed by atoms with Crippen molar-refractivity contribution in [3.05, 3.63) is 35.6 Å². The zero-order chi connectivity index (χ0) is 16.7. The number of benzene rings is 1. The number of piperazine rings is 1. The molecule has 23 heavy (non-hydrogen) atoms. The van der Waals surface area contributed by atoms with Crippen molar-refractivity contribution in [2.75, 3.05) is 53.4 Å². The smallest absolute Gasteiger partial charge is 0.317 e. The van der Waals surface area contributed by atoms with Crippen molar-refractivity contribution in [3.8, 4) is 0 Å². The summed E-state index contributed by atoms with van der Waals surface area (Å²) in [6.45, 7) is 5.99. The van der Waals surface area contributed by atoms with Crippen molar-refractivity contribution >= 4 is 6.03 Å². The molecule has 0 saturated carbocycles. The van der Waals surface area contributed by atoms with E-state index < -0.39 is 0 Å². The first-order valence-electron chi connectivity index (χ1n) is 8.19. The molecular formula is C17H27FN4O. The van der Waals surface area contributed by atoms with Crippen molar-refractivity contribution in [2.45, 2.75) is 13.0 Å². The van der Waals surface area contributed by atoms with Gasteiger partial charge in [0.05, 0.1) is 0 Å². The van der Waals surface area contributed by atoms with Gasteiger partial charge in [0.25, 0.3) is 0 Å². The lowest BCUT2D eigenvalue weighted by Crippen LogP contribution is -2.51. The molecule has 0 unspecified atom stereocenters. The zero-order valence-corrected chi connectivity index (χ0v) is 14.1. The van der Waals surface area contributed by atoms with Crippen LogP contribution in [0.3, 0.4) is 0 Å². The third-order valence-electron chi connectivity index (χ3n) is 4.10. The summed E-state index contributed by atoms with van der Waals surface area (Å²) in [6, 6.07) is 6.17. The molecule has 6 heteroatoms. The Labute approximate surface area is 138 Å². The van der Waals surface area contributed by atoms with Gasteiger partial charge in [-0.05, 0) is 51.3 Å². The first-order valence-corrected chi connectivity index (χ1v) is 8.19. The summed E-state index contributed by atoms with van der Waals surface area (Å²) in [5.41, 5.74) is 0.905. The Balaban J connectivity index is 1.66. The number of hydrogen-bond acceptors (Lipinski definition) is 3. The molecule has 2 rings (SSSR count). The van der Waals surface area contributed by atoms with Crippen LogP contribution in [0.15, 0.2) is 24.3 Å². The molecule has 0 bridgehead atoms. The first-order chi connectivity index (χ1) is 11.0. The van der Waals surface area contributed by atoms with Crippen LogP contribution in [-0.4, -0.2) is 74.1 Å². The molecule has 1 N–H and O–H groups in total. The van der Waals surface area contributed by atoms with E-state index >= 15 is 0 Å². The van der Waals surface area contributed by atoms with Gasteiger partial charge < -0.3 is 15.1 Å². The summed E-state index contributed by atoms with van der Waals surface area (Å²) in [6.07, 6.45) is 1.16. The number of amides is 2. The Morgan fingerprint density at radius 3 is 2.43 bits per heavy atom. The molecule has 1 aromatic rings. The molecule has 1 heterocycles. The highest BCUT2D eigenvalue weighted by atomic mass is 19.1. The largest absolute Gasteiger partial charge is 0.334 e. The minimum atomic E-state index is -0.259. The number of nitrogens with zero attached hydrogens (tertiary/aromatic N) is 3. The molecule has 0 aromatic heterocycles. The SMILES string of the molecule is CN(C)CCCN1CCN(C(=O)NCc2ccc(F)cc2)CC1. The van der Waals surface area contributed by atoms with Crippen LogP contribution in [0, 0.1) is 5.82 Å². The summed E-state index contributed by atoms with van der Waals surface area (Å²) in [5, 5.41) is 2.90. The van der Waals surface area contributed by atoms with E-state index in [1.54, 1.807) is 12.1 Å². The molecule has 1 saturated heterocycles. The van der Waals surface area contributed by atoms with Crippen LogP contribution >= 0.6 is 0 Å². The van der Waals surface area contributed by atoms with Gasteiger partial charge in [-0.25, -0.2) is 9.18 Å². The minimum Gasteiger partial charge on any atom is -0.334 e. The predicted molar refractivity (Wildman–Crippen MR) is 89.8 cm³/mol. The Kier molecular flexibility index (Phi) is 6.80. The molecular weight excluding hydrogens is 295 g/mol. The van der Waals surface area contributed by atoms with Crippen LogP contribution in [0.25, 0.3) is 0 Å². The monoisotopic (exact) mass is 322 g/mol. The maximum atomic E-state index is 12.8. The maximum absolute atomic E-state index is 12.8. The Morgan fingerprint density at radius 2 is 1.83 bits per heavy atom. The lowest BCUT2D eigenvalue weighted by atomic mass is 10.2. The van der Waals surface area contributed by atoms with Gasteiger partial charge in [-0.3, -0.25) is 4.90 Å². The second kappa shape index (κ2) is 8.84. The molecule has 0 atom stereocenters. The highest BCUT2D eigenvalue weighted by molar-refractivity contribution is 5.74. The van der Waals surface area contributed by atoms with Gasteiger partial charge in [-0.1, -0.05) is 12.1 Å². The average molecular weight is 322 g/mol. The van der Waals surface area contributed by atoms with Gasteiger partial charge in [-0.2, -0.15) is 0 Å². The highest BCUT2D eigenvalue weighted by Gasteiger charge is 2.20. The molecule has 1 aliphatic rings. The van der Waals surface area contributed by atoms with Crippen LogP contribution in [-0.2, 0) is 6.54 Å². The number of nitrogens with one attached hydrogen (secondary N) is 1. The molecule has 0 radical (unpaired) electrons. The quantitative estimate of drug-likeness (QED) is 0.865. The number of halogens is 1. The van der Waals surface area contributed by atoms with Crippen molar-refractivity contribution in [2.24, 2.45) is 0 Å². The fourth-order valence-corrected chi connectivity index (χ4v) is 2.68. The van der Waals surface area contributed by atoms with Crippen molar-refractivity contribution in [1.82, 2.24) is 20.0 Å². The fraction of sp³-hybridized carbons (Fsp3) is 0.588. The second-order valence-corrected chi connectivity index (χ2v) is 6.27. The summed E-state index contributed by atoms with van der Waals surface area (Å²) in [4.78, 5) is 18.6. The highest BCUT2D eigenvalue weighted by Crippen LogP contribution is 2.05. The summed E-state index contributed by atoms with van der Waals surface area (Å²) in [7, 11) is 4.17. The predicted octanol–water partition coefficient (Wildman–Crippen LogP) is 1.60. The van der Waals surface area contributed by atoms with E-state index in [1.165, 1.54) is 12.1 Å². The number of rotatable bonds is 6. The number of carbonyl (C=O) groups is 1. The van der Waals surface area contributed by atoms with E-state index in [-0.39, 0.29) is 11.8 Å².